The maximum atomic E-state index is 2.67. The molecule has 0 amide bonds. The molecule has 0 aromatic rings. The molecule has 0 rings (SSSR count). The molecule has 0 radical (unpaired) electrons. The molecule has 0 aliphatic rings. The predicted molar refractivity (Wildman–Crippen MR) is 114 cm³/mol. The van der Waals surface area contributed by atoms with Crippen molar-refractivity contribution in [3.05, 3.63) is 0 Å². The Morgan fingerprint density at radius 1 is 0.542 bits per heavy atom. The first-order valence-corrected chi connectivity index (χ1v) is 17.2. The van der Waals surface area contributed by atoms with Gasteiger partial charge in [-0.25, -0.2) is 0 Å². The Morgan fingerprint density at radius 3 is 1.04 bits per heavy atom. The first-order valence-electron chi connectivity index (χ1n) is 10.6. The molecule has 3 heteroatoms. The Bertz CT molecular complexity index is 258. The molecule has 0 spiro atoms. The molecule has 0 aliphatic heterocycles. The van der Waals surface area contributed by atoms with Gasteiger partial charge in [0.15, 0.2) is 0 Å². The summed E-state index contributed by atoms with van der Waals surface area (Å²) in [6, 6.07) is 2.73. The minimum atomic E-state index is -1.36. The molecule has 0 bridgehead atoms. The van der Waals surface area contributed by atoms with Gasteiger partial charge in [-0.2, -0.15) is 0 Å². The number of hydrogen-bond donors (Lipinski definition) is 0. The molecule has 0 fully saturated rings. The normalized spacial score (nSPS) is 12.9. The van der Waals surface area contributed by atoms with Gasteiger partial charge < -0.3 is 0 Å². The third-order valence-corrected chi connectivity index (χ3v) is 17.5. The molecule has 0 heterocycles. The van der Waals surface area contributed by atoms with E-state index in [1.54, 1.807) is 8.35 Å². The van der Waals surface area contributed by atoms with E-state index in [9.17, 15) is 0 Å². The van der Waals surface area contributed by atoms with E-state index < -0.39 is 21.4 Å². The Morgan fingerprint density at radius 2 is 0.833 bits per heavy atom. The van der Waals surface area contributed by atoms with Crippen LogP contribution in [0.1, 0.15) is 82.1 Å². The summed E-state index contributed by atoms with van der Waals surface area (Å²) in [4.78, 5) is 5.34. The zero-order valence-corrected chi connectivity index (χ0v) is 21.9. The van der Waals surface area contributed by atoms with Gasteiger partial charge in [0.25, 0.3) is 0 Å². The summed E-state index contributed by atoms with van der Waals surface area (Å²) in [7, 11) is 0. The van der Waals surface area contributed by atoms with Crippen molar-refractivity contribution in [1.29, 1.82) is 0 Å². The Hall–Kier alpha value is 0.790. The van der Waals surface area contributed by atoms with Crippen molar-refractivity contribution in [2.45, 2.75) is 118 Å². The summed E-state index contributed by atoms with van der Waals surface area (Å²) in [5.41, 5.74) is 0. The molecule has 0 saturated heterocycles. The van der Waals surface area contributed by atoms with Crippen LogP contribution in [0.3, 0.4) is 0 Å². The zero-order valence-electron chi connectivity index (χ0n) is 18.6. The van der Waals surface area contributed by atoms with Crippen LogP contribution in [0.25, 0.3) is 0 Å². The molecule has 0 N–H and O–H groups in total. The topological polar surface area (TPSA) is 6.48 Å². The molecule has 144 valence electrons. The van der Waals surface area contributed by atoms with Crippen molar-refractivity contribution in [3.63, 3.8) is 0 Å². The van der Waals surface area contributed by atoms with Crippen molar-refractivity contribution < 1.29 is 0 Å². The van der Waals surface area contributed by atoms with E-state index in [-0.39, 0.29) is 0 Å². The second-order valence-electron chi connectivity index (χ2n) is 9.14. The monoisotopic (exact) mass is 442 g/mol. The number of rotatable bonds is 13. The van der Waals surface area contributed by atoms with Crippen LogP contribution in [0, 0.1) is 0 Å². The second kappa shape index (κ2) is 13.0. The van der Waals surface area contributed by atoms with Gasteiger partial charge in [0.2, 0.25) is 0 Å². The van der Waals surface area contributed by atoms with Crippen LogP contribution >= 0.6 is 0 Å². The van der Waals surface area contributed by atoms with Crippen LogP contribution in [-0.4, -0.2) is 68.5 Å². The van der Waals surface area contributed by atoms with Crippen LogP contribution < -0.4 is 0 Å². The molecule has 0 unspecified atom stereocenters. The van der Waals surface area contributed by atoms with Crippen LogP contribution in [0.15, 0.2) is 0 Å². The van der Waals surface area contributed by atoms with Gasteiger partial charge in [-0.1, -0.05) is 0 Å². The van der Waals surface area contributed by atoms with Crippen molar-refractivity contribution in [2.24, 2.45) is 0 Å². The summed E-state index contributed by atoms with van der Waals surface area (Å²) in [6.07, 6.45) is 2.88. The fourth-order valence-corrected chi connectivity index (χ4v) is 12.8. The van der Waals surface area contributed by atoms with Crippen molar-refractivity contribution in [3.8, 4) is 0 Å². The predicted octanol–water partition coefficient (Wildman–Crippen LogP) is 5.91. The van der Waals surface area contributed by atoms with E-state index in [1.165, 1.54) is 25.9 Å². The first-order chi connectivity index (χ1) is 11.1. The first kappa shape index (κ1) is 24.8. The summed E-state index contributed by atoms with van der Waals surface area (Å²) in [6.45, 7) is 26.4. The third-order valence-electron chi connectivity index (χ3n) is 5.58. The summed E-state index contributed by atoms with van der Waals surface area (Å²) >= 11 is -1.36. The van der Waals surface area contributed by atoms with Gasteiger partial charge in [-0.15, -0.1) is 0 Å². The maximum absolute atomic E-state index is 2.67. The molecular weight excluding hydrogens is 395 g/mol. The molecule has 0 saturated carbocycles. The summed E-state index contributed by atoms with van der Waals surface area (Å²) in [5.74, 6) is 0. The molecular formula is C21H47InN2. The fraction of sp³-hybridized carbons (Fsp3) is 1.00. The van der Waals surface area contributed by atoms with Gasteiger partial charge in [-0.05, 0) is 0 Å². The molecule has 0 aromatic carbocycles. The van der Waals surface area contributed by atoms with Gasteiger partial charge in [0.05, 0.1) is 0 Å². The van der Waals surface area contributed by atoms with Gasteiger partial charge >= 0.3 is 163 Å². The zero-order chi connectivity index (χ0) is 18.9. The van der Waals surface area contributed by atoms with Crippen LogP contribution in [-0.2, 0) is 0 Å². The fourth-order valence-electron chi connectivity index (χ4n) is 4.11. The molecule has 24 heavy (non-hydrogen) atoms. The van der Waals surface area contributed by atoms with E-state index >= 15 is 0 Å². The van der Waals surface area contributed by atoms with Gasteiger partial charge in [-0.3, -0.25) is 0 Å². The average Bonchev–Trinajstić information content (AvgIpc) is 2.43. The second-order valence-corrected chi connectivity index (χ2v) is 20.6. The Labute approximate surface area is 162 Å². The van der Waals surface area contributed by atoms with Gasteiger partial charge in [0.1, 0.15) is 0 Å². The minimum absolute atomic E-state index is 0.684. The number of nitrogens with zero attached hydrogens (tertiary/aromatic N) is 2. The Balaban J connectivity index is 4.32. The SMILES string of the molecule is CC(C)N(CC[CH2][In]([CH2]CCN(C(C)C)C(C)C)[CH](C)C)C(C)C. The van der Waals surface area contributed by atoms with E-state index in [2.05, 4.69) is 79.0 Å². The summed E-state index contributed by atoms with van der Waals surface area (Å²) in [5, 5.41) is 0. The molecule has 0 aliphatic carbocycles. The van der Waals surface area contributed by atoms with E-state index in [0.717, 1.165) is 3.67 Å². The molecule has 0 atom stereocenters. The standard InChI is InChI=1S/2C9H20N.C3H7.In/c2*1-6-7-10(8(2)3)9(4)5;1-3-2;/h2*8-9H,1,6-7H2,2-5H3;3H,1-2H3;. The van der Waals surface area contributed by atoms with Crippen LogP contribution in [0.5, 0.6) is 0 Å². The Kier molecular flexibility index (Phi) is 13.5. The third kappa shape index (κ3) is 10.1. The van der Waals surface area contributed by atoms with Crippen molar-refractivity contribution in [2.75, 3.05) is 13.1 Å². The van der Waals surface area contributed by atoms with E-state index in [1.807, 2.05) is 0 Å². The quantitative estimate of drug-likeness (QED) is 0.350. The number of hydrogen-bond acceptors (Lipinski definition) is 2. The van der Waals surface area contributed by atoms with E-state index in [4.69, 9.17) is 0 Å². The van der Waals surface area contributed by atoms with Gasteiger partial charge in [0, 0.05) is 0 Å². The van der Waals surface area contributed by atoms with Crippen molar-refractivity contribution in [1.82, 2.24) is 9.80 Å². The van der Waals surface area contributed by atoms with Crippen LogP contribution in [0.4, 0.5) is 0 Å². The van der Waals surface area contributed by atoms with Crippen molar-refractivity contribution >= 4 is 21.4 Å². The van der Waals surface area contributed by atoms with E-state index in [0.29, 0.717) is 24.2 Å². The average molecular weight is 442 g/mol. The molecule has 0 aromatic heterocycles. The summed E-state index contributed by atoms with van der Waals surface area (Å²) < 4.78 is 4.21. The van der Waals surface area contributed by atoms with Crippen LogP contribution in [0.2, 0.25) is 12.0 Å². The molecule has 2 nitrogen and oxygen atoms in total.